The van der Waals surface area contributed by atoms with Gasteiger partial charge in [0.05, 0.1) is 16.8 Å². The van der Waals surface area contributed by atoms with Gasteiger partial charge in [0, 0.05) is 16.7 Å². The van der Waals surface area contributed by atoms with Crippen LogP contribution in [0.4, 0.5) is 5.69 Å². The summed E-state index contributed by atoms with van der Waals surface area (Å²) in [6.45, 7) is 3.94. The van der Waals surface area contributed by atoms with Gasteiger partial charge >= 0.3 is 0 Å². The predicted molar refractivity (Wildman–Crippen MR) is 77.6 cm³/mol. The second-order valence-corrected chi connectivity index (χ2v) is 6.96. The topological polar surface area (TPSA) is 64.0 Å². The molecule has 1 heterocycles. The van der Waals surface area contributed by atoms with E-state index in [1.807, 2.05) is 13.8 Å². The minimum absolute atomic E-state index is 0.186. The lowest BCUT2D eigenvalue weighted by atomic mass is 10.4. The highest BCUT2D eigenvalue weighted by Gasteiger charge is 2.15. The van der Waals surface area contributed by atoms with Crippen molar-refractivity contribution in [3.8, 4) is 0 Å². The van der Waals surface area contributed by atoms with Gasteiger partial charge in [-0.05, 0) is 38.1 Å². The van der Waals surface area contributed by atoms with Gasteiger partial charge in [-0.15, -0.1) is 0 Å². The van der Waals surface area contributed by atoms with Gasteiger partial charge in [0.2, 0.25) is 0 Å². The van der Waals surface area contributed by atoms with Gasteiger partial charge < -0.3 is 0 Å². The van der Waals surface area contributed by atoms with Gasteiger partial charge in [0.25, 0.3) is 10.0 Å². The molecule has 0 aliphatic rings. The van der Waals surface area contributed by atoms with Crippen LogP contribution in [-0.2, 0) is 10.0 Å². The fourth-order valence-corrected chi connectivity index (χ4v) is 2.79. The summed E-state index contributed by atoms with van der Waals surface area (Å²) in [6, 6.07) is 6.64. The van der Waals surface area contributed by atoms with Crippen LogP contribution in [0.25, 0.3) is 0 Å². The van der Waals surface area contributed by atoms with Gasteiger partial charge in [-0.25, -0.2) is 8.42 Å². The van der Waals surface area contributed by atoms with Crippen molar-refractivity contribution in [2.24, 2.45) is 0 Å². The van der Waals surface area contributed by atoms with Crippen molar-refractivity contribution in [2.75, 3.05) is 4.72 Å². The van der Waals surface area contributed by atoms with Gasteiger partial charge in [-0.3, -0.25) is 9.40 Å². The Hall–Kier alpha value is -1.34. The normalized spacial score (nSPS) is 11.8. The van der Waals surface area contributed by atoms with Crippen molar-refractivity contribution < 1.29 is 8.42 Å². The molecule has 0 aliphatic carbocycles. The Bertz CT molecular complexity index is 663. The average Bonchev–Trinajstić information content (AvgIpc) is 2.77. The molecule has 1 aromatic carbocycles. The van der Waals surface area contributed by atoms with Crippen molar-refractivity contribution in [2.45, 2.75) is 24.8 Å². The van der Waals surface area contributed by atoms with Crippen molar-refractivity contribution in [3.63, 3.8) is 0 Å². The van der Waals surface area contributed by atoms with E-state index in [0.717, 1.165) is 4.47 Å². The minimum Gasteiger partial charge on any atom is -0.276 e. The number of anilines is 1. The van der Waals surface area contributed by atoms with Crippen LogP contribution in [0.15, 0.2) is 46.0 Å². The van der Waals surface area contributed by atoms with Gasteiger partial charge in [0.1, 0.15) is 0 Å². The summed E-state index contributed by atoms with van der Waals surface area (Å²) in [7, 11) is -3.57. The molecule has 0 saturated heterocycles. The third kappa shape index (κ3) is 3.36. The molecule has 2 aromatic rings. The maximum atomic E-state index is 12.1. The maximum absolute atomic E-state index is 12.1. The lowest BCUT2D eigenvalue weighted by Crippen LogP contribution is -2.12. The van der Waals surface area contributed by atoms with E-state index in [4.69, 9.17) is 0 Å². The molecule has 7 heteroatoms. The summed E-state index contributed by atoms with van der Waals surface area (Å²) in [5.41, 5.74) is 0.455. The largest absolute Gasteiger partial charge is 0.276 e. The van der Waals surface area contributed by atoms with E-state index in [1.165, 1.54) is 6.20 Å². The summed E-state index contributed by atoms with van der Waals surface area (Å²) in [4.78, 5) is 0.216. The van der Waals surface area contributed by atoms with E-state index in [-0.39, 0.29) is 10.9 Å². The predicted octanol–water partition coefficient (Wildman–Crippen LogP) is 3.03. The van der Waals surface area contributed by atoms with Crippen LogP contribution in [0.3, 0.4) is 0 Å². The van der Waals surface area contributed by atoms with Gasteiger partial charge in [-0.1, -0.05) is 15.9 Å². The van der Waals surface area contributed by atoms with Crippen LogP contribution in [0.5, 0.6) is 0 Å². The number of rotatable bonds is 4. The highest BCUT2D eigenvalue weighted by molar-refractivity contribution is 9.10. The summed E-state index contributed by atoms with van der Waals surface area (Å²) in [6.07, 6.45) is 3.16. The first-order valence-electron chi connectivity index (χ1n) is 5.71. The fraction of sp³-hybridized carbons (Fsp3) is 0.250. The molecule has 0 unspecified atom stereocenters. The van der Waals surface area contributed by atoms with Gasteiger partial charge in [0.15, 0.2) is 0 Å². The Morgan fingerprint density at radius 3 is 2.42 bits per heavy atom. The highest BCUT2D eigenvalue weighted by atomic mass is 79.9. The number of hydrogen-bond donors (Lipinski definition) is 1. The molecule has 1 N–H and O–H groups in total. The third-order valence-electron chi connectivity index (χ3n) is 2.51. The molecule has 5 nitrogen and oxygen atoms in total. The second-order valence-electron chi connectivity index (χ2n) is 4.36. The number of benzene rings is 1. The number of aromatic nitrogens is 2. The standard InChI is InChI=1S/C12H14BrN3O2S/c1-9(2)16-8-11(7-14-16)15-19(17,18)12-5-3-10(13)4-6-12/h3-9,15H,1-2H3. The lowest BCUT2D eigenvalue weighted by Gasteiger charge is -2.06. The maximum Gasteiger partial charge on any atom is 0.261 e. The Labute approximate surface area is 120 Å². The quantitative estimate of drug-likeness (QED) is 0.927. The SMILES string of the molecule is CC(C)n1cc(NS(=O)(=O)c2ccc(Br)cc2)cn1. The zero-order chi connectivity index (χ0) is 14.0. The minimum atomic E-state index is -3.57. The highest BCUT2D eigenvalue weighted by Crippen LogP contribution is 2.18. The number of halogens is 1. The molecule has 2 rings (SSSR count). The van der Waals surface area contributed by atoms with Crippen LogP contribution in [0.2, 0.25) is 0 Å². The van der Waals surface area contributed by atoms with Crippen LogP contribution >= 0.6 is 15.9 Å². The van der Waals surface area contributed by atoms with Crippen molar-refractivity contribution in [1.29, 1.82) is 0 Å². The first-order valence-corrected chi connectivity index (χ1v) is 7.98. The van der Waals surface area contributed by atoms with E-state index in [2.05, 4.69) is 25.8 Å². The number of hydrogen-bond acceptors (Lipinski definition) is 3. The molecule has 0 aliphatic heterocycles. The Balaban J connectivity index is 2.23. The second kappa shape index (κ2) is 5.34. The number of nitrogens with zero attached hydrogens (tertiary/aromatic N) is 2. The van der Waals surface area contributed by atoms with Crippen molar-refractivity contribution in [1.82, 2.24) is 9.78 Å². The Morgan fingerprint density at radius 2 is 1.89 bits per heavy atom. The third-order valence-corrected chi connectivity index (χ3v) is 4.43. The van der Waals surface area contributed by atoms with E-state index in [1.54, 1.807) is 35.1 Å². The molecular formula is C12H14BrN3O2S. The molecule has 0 atom stereocenters. The summed E-state index contributed by atoms with van der Waals surface area (Å²) in [5.74, 6) is 0. The van der Waals surface area contributed by atoms with E-state index >= 15 is 0 Å². The smallest absolute Gasteiger partial charge is 0.261 e. The summed E-state index contributed by atoms with van der Waals surface area (Å²) < 4.78 is 29.3. The molecule has 0 radical (unpaired) electrons. The number of nitrogens with one attached hydrogen (secondary N) is 1. The molecule has 102 valence electrons. The van der Waals surface area contributed by atoms with Crippen LogP contribution in [-0.4, -0.2) is 18.2 Å². The first-order chi connectivity index (χ1) is 8.88. The fourth-order valence-electron chi connectivity index (χ4n) is 1.50. The molecule has 0 bridgehead atoms. The molecule has 0 amide bonds. The molecule has 1 aromatic heterocycles. The molecule has 0 saturated carbocycles. The average molecular weight is 344 g/mol. The zero-order valence-electron chi connectivity index (χ0n) is 10.5. The summed E-state index contributed by atoms with van der Waals surface area (Å²) >= 11 is 3.27. The summed E-state index contributed by atoms with van der Waals surface area (Å²) in [5, 5.41) is 4.09. The molecule has 19 heavy (non-hydrogen) atoms. The first kappa shape index (κ1) is 14.1. The van der Waals surface area contributed by atoms with Crippen LogP contribution in [0, 0.1) is 0 Å². The molecule has 0 spiro atoms. The lowest BCUT2D eigenvalue weighted by molar-refractivity contribution is 0.532. The van der Waals surface area contributed by atoms with Crippen LogP contribution in [0.1, 0.15) is 19.9 Å². The van der Waals surface area contributed by atoms with Crippen LogP contribution < -0.4 is 4.72 Å². The zero-order valence-corrected chi connectivity index (χ0v) is 12.9. The number of sulfonamides is 1. The van der Waals surface area contributed by atoms with E-state index < -0.39 is 10.0 Å². The molecular weight excluding hydrogens is 330 g/mol. The Kier molecular flexibility index (Phi) is 3.96. The molecule has 0 fully saturated rings. The monoisotopic (exact) mass is 343 g/mol. The van der Waals surface area contributed by atoms with Gasteiger partial charge in [-0.2, -0.15) is 5.10 Å². The van der Waals surface area contributed by atoms with E-state index in [9.17, 15) is 8.42 Å². The van der Waals surface area contributed by atoms with Crippen molar-refractivity contribution >= 4 is 31.6 Å². The Morgan fingerprint density at radius 1 is 1.26 bits per heavy atom. The van der Waals surface area contributed by atoms with Crippen molar-refractivity contribution in [3.05, 3.63) is 41.1 Å². The van der Waals surface area contributed by atoms with E-state index in [0.29, 0.717) is 5.69 Å².